The number of carbonyl (C=O) groups is 1. The van der Waals surface area contributed by atoms with Gasteiger partial charge in [0.05, 0.1) is 42.4 Å². The highest BCUT2D eigenvalue weighted by molar-refractivity contribution is 6.30. The highest BCUT2D eigenvalue weighted by Gasteiger charge is 2.42. The first-order valence-electron chi connectivity index (χ1n) is 15.2. The standard InChI is InChI=1S/C33H33ClF2N4O6/c1-33(27-7-6-21(34)16-37-27)45-25-5-3-4-23(30(25)46-33)19-8-11-39(12-9-19)18-28-38-29-24(40(28)17-22-10-13-43-22)14-20(31(41)42-2)15-26(29)44-32(35)36/h3-7,14-16,19,22,32H,8-13,17-18H2,1-2H3/t22-,33-/m0/s1. The molecular formula is C33H33ClF2N4O6. The number of nitrogens with zero attached hydrogens (tertiary/aromatic N) is 4. The molecule has 0 aliphatic carbocycles. The molecule has 2 fully saturated rings. The number of pyridine rings is 1. The summed E-state index contributed by atoms with van der Waals surface area (Å²) >= 11 is 6.04. The summed E-state index contributed by atoms with van der Waals surface area (Å²) in [6, 6.07) is 12.4. The van der Waals surface area contributed by atoms with Crippen molar-refractivity contribution in [3.63, 3.8) is 0 Å². The first-order valence-corrected chi connectivity index (χ1v) is 15.6. The lowest BCUT2D eigenvalue weighted by Crippen LogP contribution is -2.35. The van der Waals surface area contributed by atoms with Gasteiger partial charge in [0.15, 0.2) is 17.2 Å². The maximum Gasteiger partial charge on any atom is 0.387 e. The Hall–Kier alpha value is -4.00. The Bertz CT molecular complexity index is 1760. The van der Waals surface area contributed by atoms with Crippen LogP contribution in [-0.4, -0.2) is 64.9 Å². The van der Waals surface area contributed by atoms with Gasteiger partial charge in [0.25, 0.3) is 5.79 Å². The fourth-order valence-corrected chi connectivity index (χ4v) is 6.55. The molecule has 13 heteroatoms. The summed E-state index contributed by atoms with van der Waals surface area (Å²) in [7, 11) is 1.24. The van der Waals surface area contributed by atoms with Crippen LogP contribution < -0.4 is 14.2 Å². The molecule has 3 aliphatic heterocycles. The van der Waals surface area contributed by atoms with Crippen LogP contribution >= 0.6 is 11.6 Å². The number of para-hydroxylation sites is 1. The number of methoxy groups -OCH3 is 1. The van der Waals surface area contributed by atoms with Crippen LogP contribution in [0.5, 0.6) is 17.2 Å². The maximum atomic E-state index is 13.4. The summed E-state index contributed by atoms with van der Waals surface area (Å²) in [4.78, 5) is 23.9. The topological polar surface area (TPSA) is 97.2 Å². The van der Waals surface area contributed by atoms with Crippen molar-refractivity contribution in [3.05, 3.63) is 76.3 Å². The highest BCUT2D eigenvalue weighted by atomic mass is 35.5. The summed E-state index contributed by atoms with van der Waals surface area (Å²) in [5, 5.41) is 0.537. The van der Waals surface area contributed by atoms with Crippen LogP contribution in [0.15, 0.2) is 48.7 Å². The van der Waals surface area contributed by atoms with E-state index in [1.165, 1.54) is 13.2 Å². The second-order valence-electron chi connectivity index (χ2n) is 11.9. The van der Waals surface area contributed by atoms with E-state index in [0.29, 0.717) is 47.5 Å². The number of carbonyl (C=O) groups excluding carboxylic acids is 1. The Labute approximate surface area is 269 Å². The minimum Gasteiger partial charge on any atom is -0.465 e. The fraction of sp³-hybridized carbons (Fsp3) is 0.424. The van der Waals surface area contributed by atoms with E-state index in [4.69, 9.17) is 40.3 Å². The lowest BCUT2D eigenvalue weighted by atomic mass is 9.88. The molecule has 242 valence electrons. The Morgan fingerprint density at radius 1 is 1.15 bits per heavy atom. The average Bonchev–Trinajstić information content (AvgIpc) is 3.56. The summed E-state index contributed by atoms with van der Waals surface area (Å²) in [5.74, 6) is 0.466. The molecule has 4 aromatic rings. The van der Waals surface area contributed by atoms with Crippen molar-refractivity contribution in [3.8, 4) is 17.2 Å². The largest absolute Gasteiger partial charge is 0.465 e. The van der Waals surface area contributed by atoms with E-state index in [0.717, 1.165) is 43.7 Å². The van der Waals surface area contributed by atoms with Gasteiger partial charge in [-0.05, 0) is 68.6 Å². The Morgan fingerprint density at radius 2 is 1.96 bits per heavy atom. The third-order valence-corrected chi connectivity index (χ3v) is 9.13. The zero-order chi connectivity index (χ0) is 32.0. The van der Waals surface area contributed by atoms with Gasteiger partial charge in [0.2, 0.25) is 0 Å². The number of esters is 1. The van der Waals surface area contributed by atoms with Gasteiger partial charge in [-0.25, -0.2) is 9.78 Å². The number of piperidine rings is 1. The zero-order valence-corrected chi connectivity index (χ0v) is 26.1. The third kappa shape index (κ3) is 5.85. The van der Waals surface area contributed by atoms with Gasteiger partial charge in [0.1, 0.15) is 17.0 Å². The van der Waals surface area contributed by atoms with E-state index in [2.05, 4.69) is 16.0 Å². The van der Waals surface area contributed by atoms with Crippen LogP contribution in [0.2, 0.25) is 5.02 Å². The van der Waals surface area contributed by atoms with Crippen LogP contribution in [-0.2, 0) is 28.4 Å². The Kier molecular flexibility index (Phi) is 8.20. The van der Waals surface area contributed by atoms with E-state index < -0.39 is 18.4 Å². The number of rotatable bonds is 9. The second kappa shape index (κ2) is 12.3. The molecule has 0 bridgehead atoms. The minimum atomic E-state index is -3.08. The van der Waals surface area contributed by atoms with Crippen LogP contribution in [0.25, 0.3) is 11.0 Å². The molecule has 5 heterocycles. The number of benzene rings is 2. The second-order valence-corrected chi connectivity index (χ2v) is 12.3. The average molecular weight is 655 g/mol. The van der Waals surface area contributed by atoms with Gasteiger partial charge in [0, 0.05) is 25.3 Å². The Morgan fingerprint density at radius 3 is 2.63 bits per heavy atom. The van der Waals surface area contributed by atoms with Crippen LogP contribution in [0, 0.1) is 0 Å². The van der Waals surface area contributed by atoms with Gasteiger partial charge in [-0.2, -0.15) is 8.78 Å². The fourth-order valence-electron chi connectivity index (χ4n) is 6.44. The summed E-state index contributed by atoms with van der Waals surface area (Å²) < 4.78 is 56.8. The molecule has 0 radical (unpaired) electrons. The molecule has 2 aromatic heterocycles. The van der Waals surface area contributed by atoms with Gasteiger partial charge in [-0.3, -0.25) is 9.88 Å². The van der Waals surface area contributed by atoms with Crippen molar-refractivity contribution in [2.45, 2.75) is 63.7 Å². The molecule has 3 aliphatic rings. The van der Waals surface area contributed by atoms with E-state index in [1.54, 1.807) is 24.4 Å². The quantitative estimate of drug-likeness (QED) is 0.193. The predicted molar refractivity (Wildman–Crippen MR) is 164 cm³/mol. The number of halogens is 3. The summed E-state index contributed by atoms with van der Waals surface area (Å²) in [6.07, 6.45) is 4.16. The summed E-state index contributed by atoms with van der Waals surface area (Å²) in [6.45, 7) is 1.97. The number of hydrogen-bond acceptors (Lipinski definition) is 9. The molecule has 46 heavy (non-hydrogen) atoms. The smallest absolute Gasteiger partial charge is 0.387 e. The monoisotopic (exact) mass is 654 g/mol. The van der Waals surface area contributed by atoms with Crippen molar-refractivity contribution in [1.82, 2.24) is 19.4 Å². The first-order chi connectivity index (χ1) is 22.2. The zero-order valence-electron chi connectivity index (χ0n) is 25.4. The number of imidazole rings is 1. The van der Waals surface area contributed by atoms with Crippen LogP contribution in [0.1, 0.15) is 59.5 Å². The normalized spacial score (nSPS) is 21.5. The molecule has 0 spiro atoms. The minimum absolute atomic E-state index is 0.0284. The molecule has 10 nitrogen and oxygen atoms in total. The lowest BCUT2D eigenvalue weighted by Gasteiger charge is -2.33. The third-order valence-electron chi connectivity index (χ3n) is 8.91. The molecule has 0 N–H and O–H groups in total. The van der Waals surface area contributed by atoms with Crippen molar-refractivity contribution in [2.24, 2.45) is 0 Å². The van der Waals surface area contributed by atoms with Crippen LogP contribution in [0.4, 0.5) is 8.78 Å². The SMILES string of the molecule is COC(=O)c1cc(OC(F)F)c2nc(CN3CCC(c4cccc5c4O[C@@](C)(c4ccc(Cl)cn4)O5)CC3)n(C[C@@H]3CCO3)c2c1. The number of aromatic nitrogens is 3. The maximum absolute atomic E-state index is 13.4. The lowest BCUT2D eigenvalue weighted by molar-refractivity contribution is -0.0722. The van der Waals surface area contributed by atoms with E-state index in [9.17, 15) is 13.6 Å². The number of alkyl halides is 2. The van der Waals surface area contributed by atoms with Crippen molar-refractivity contribution in [1.29, 1.82) is 0 Å². The van der Waals surface area contributed by atoms with Gasteiger partial charge >= 0.3 is 12.6 Å². The number of hydrogen-bond donors (Lipinski definition) is 0. The Balaban J connectivity index is 1.11. The van der Waals surface area contributed by atoms with Gasteiger partial charge < -0.3 is 28.3 Å². The van der Waals surface area contributed by atoms with Gasteiger partial charge in [-0.1, -0.05) is 23.7 Å². The molecule has 0 unspecified atom stereocenters. The van der Waals surface area contributed by atoms with Gasteiger partial charge in [-0.15, -0.1) is 0 Å². The highest BCUT2D eigenvalue weighted by Crippen LogP contribution is 2.49. The van der Waals surface area contributed by atoms with E-state index in [-0.39, 0.29) is 28.9 Å². The molecule has 2 aromatic carbocycles. The molecular weight excluding hydrogens is 622 g/mol. The predicted octanol–water partition coefficient (Wildman–Crippen LogP) is 6.29. The van der Waals surface area contributed by atoms with Crippen molar-refractivity contribution in [2.75, 3.05) is 26.8 Å². The molecule has 2 saturated heterocycles. The number of fused-ring (bicyclic) bond motifs is 2. The molecule has 0 saturated carbocycles. The number of ether oxygens (including phenoxy) is 5. The van der Waals surface area contributed by atoms with E-state index in [1.807, 2.05) is 23.6 Å². The number of likely N-dealkylation sites (tertiary alicyclic amines) is 1. The van der Waals surface area contributed by atoms with Crippen molar-refractivity contribution < 1.29 is 37.3 Å². The van der Waals surface area contributed by atoms with Crippen LogP contribution in [0.3, 0.4) is 0 Å². The molecule has 2 atom stereocenters. The molecule has 7 rings (SSSR count). The summed E-state index contributed by atoms with van der Waals surface area (Å²) in [5.41, 5.74) is 2.62. The molecule has 0 amide bonds. The van der Waals surface area contributed by atoms with Crippen molar-refractivity contribution >= 4 is 28.6 Å². The first kappa shape index (κ1) is 30.6. The van der Waals surface area contributed by atoms with E-state index >= 15 is 0 Å².